The second kappa shape index (κ2) is 3.29. The highest BCUT2D eigenvalue weighted by molar-refractivity contribution is 5.31. The lowest BCUT2D eigenvalue weighted by Gasteiger charge is -2.33. The zero-order chi connectivity index (χ0) is 10.3. The highest BCUT2D eigenvalue weighted by atomic mass is 16.5. The molecule has 1 fully saturated rings. The van der Waals surface area contributed by atoms with Crippen LogP contribution in [-0.4, -0.2) is 18.1 Å². The van der Waals surface area contributed by atoms with Crippen molar-refractivity contribution in [3.8, 4) is 0 Å². The topological polar surface area (TPSA) is 34.2 Å². The predicted octanol–water partition coefficient (Wildman–Crippen LogP) is 1.50. The van der Waals surface area contributed by atoms with Crippen molar-refractivity contribution >= 4 is 0 Å². The van der Waals surface area contributed by atoms with E-state index in [2.05, 4.69) is 22.4 Å². The second-order valence-corrected chi connectivity index (χ2v) is 4.49. The molecule has 15 heavy (non-hydrogen) atoms. The first-order chi connectivity index (χ1) is 7.30. The molecule has 0 atom stereocenters. The molecule has 80 valence electrons. The van der Waals surface area contributed by atoms with E-state index in [0.717, 1.165) is 38.2 Å². The standard InChI is InChI=1S/C12H16N2O/c1-9-2-3-10-8-15-12(11(10)14-9)4-6-13-7-5-12/h2-3,13H,4-8H2,1H3. The van der Waals surface area contributed by atoms with E-state index in [0.29, 0.717) is 0 Å². The van der Waals surface area contributed by atoms with Gasteiger partial charge in [-0.3, -0.25) is 4.98 Å². The number of nitrogens with one attached hydrogen (secondary N) is 1. The molecular weight excluding hydrogens is 188 g/mol. The van der Waals surface area contributed by atoms with Gasteiger partial charge in [-0.25, -0.2) is 0 Å². The van der Waals surface area contributed by atoms with Gasteiger partial charge in [0.1, 0.15) is 5.60 Å². The molecule has 2 aliphatic heterocycles. The van der Waals surface area contributed by atoms with Crippen LogP contribution in [0.2, 0.25) is 0 Å². The second-order valence-electron chi connectivity index (χ2n) is 4.49. The van der Waals surface area contributed by atoms with Crippen LogP contribution in [-0.2, 0) is 16.9 Å². The third-order valence-electron chi connectivity index (χ3n) is 3.46. The number of hydrogen-bond acceptors (Lipinski definition) is 3. The number of aryl methyl sites for hydroxylation is 1. The highest BCUT2D eigenvalue weighted by Gasteiger charge is 2.42. The lowest BCUT2D eigenvalue weighted by Crippen LogP contribution is -2.40. The Hall–Kier alpha value is -0.930. The number of hydrogen-bond donors (Lipinski definition) is 1. The van der Waals surface area contributed by atoms with Gasteiger partial charge in [0.25, 0.3) is 0 Å². The van der Waals surface area contributed by atoms with Crippen LogP contribution in [0, 0.1) is 6.92 Å². The molecule has 1 spiro atoms. The molecule has 0 radical (unpaired) electrons. The quantitative estimate of drug-likeness (QED) is 0.695. The van der Waals surface area contributed by atoms with Crippen LogP contribution in [0.4, 0.5) is 0 Å². The van der Waals surface area contributed by atoms with Gasteiger partial charge < -0.3 is 10.1 Å². The van der Waals surface area contributed by atoms with Gasteiger partial charge >= 0.3 is 0 Å². The number of piperidine rings is 1. The largest absolute Gasteiger partial charge is 0.364 e. The average Bonchev–Trinajstić information content (AvgIpc) is 2.59. The number of ether oxygens (including phenoxy) is 1. The van der Waals surface area contributed by atoms with Gasteiger partial charge in [0, 0.05) is 11.3 Å². The molecule has 2 aliphatic rings. The van der Waals surface area contributed by atoms with Crippen LogP contribution in [0.15, 0.2) is 12.1 Å². The lowest BCUT2D eigenvalue weighted by molar-refractivity contribution is -0.0612. The van der Waals surface area contributed by atoms with Crippen molar-refractivity contribution in [2.75, 3.05) is 13.1 Å². The zero-order valence-corrected chi connectivity index (χ0v) is 9.05. The minimum Gasteiger partial charge on any atom is -0.364 e. The number of pyridine rings is 1. The Kier molecular flexibility index (Phi) is 2.04. The van der Waals surface area contributed by atoms with E-state index < -0.39 is 0 Å². The molecule has 0 saturated carbocycles. The van der Waals surface area contributed by atoms with E-state index in [-0.39, 0.29) is 5.60 Å². The van der Waals surface area contributed by atoms with Crippen molar-refractivity contribution in [2.45, 2.75) is 32.0 Å². The molecular formula is C12H16N2O. The predicted molar refractivity (Wildman–Crippen MR) is 57.5 cm³/mol. The molecule has 3 rings (SSSR count). The van der Waals surface area contributed by atoms with Crippen LogP contribution in [0.25, 0.3) is 0 Å². The SMILES string of the molecule is Cc1ccc2c(n1)C1(CCNCC1)OC2. The molecule has 1 aromatic heterocycles. The van der Waals surface area contributed by atoms with Crippen LogP contribution in [0.5, 0.6) is 0 Å². The van der Waals surface area contributed by atoms with Crippen molar-refractivity contribution in [3.63, 3.8) is 0 Å². The summed E-state index contributed by atoms with van der Waals surface area (Å²) in [6.07, 6.45) is 2.10. The van der Waals surface area contributed by atoms with Crippen molar-refractivity contribution in [2.24, 2.45) is 0 Å². The van der Waals surface area contributed by atoms with E-state index in [9.17, 15) is 0 Å². The number of fused-ring (bicyclic) bond motifs is 2. The summed E-state index contributed by atoms with van der Waals surface area (Å²) in [4.78, 5) is 4.68. The van der Waals surface area contributed by atoms with E-state index in [4.69, 9.17) is 4.74 Å². The normalized spacial score (nSPS) is 23.0. The molecule has 3 heteroatoms. The summed E-state index contributed by atoms with van der Waals surface area (Å²) in [6.45, 7) is 4.86. The summed E-state index contributed by atoms with van der Waals surface area (Å²) in [6, 6.07) is 4.23. The average molecular weight is 204 g/mol. The summed E-state index contributed by atoms with van der Waals surface area (Å²) in [5.41, 5.74) is 3.50. The fourth-order valence-electron chi connectivity index (χ4n) is 2.59. The van der Waals surface area contributed by atoms with E-state index in [1.165, 1.54) is 11.3 Å². The Morgan fingerprint density at radius 3 is 2.93 bits per heavy atom. The van der Waals surface area contributed by atoms with Gasteiger partial charge in [-0.15, -0.1) is 0 Å². The van der Waals surface area contributed by atoms with Crippen molar-refractivity contribution in [1.29, 1.82) is 0 Å². The van der Waals surface area contributed by atoms with Gasteiger partial charge in [-0.1, -0.05) is 6.07 Å². The van der Waals surface area contributed by atoms with Crippen molar-refractivity contribution in [1.82, 2.24) is 10.3 Å². The summed E-state index contributed by atoms with van der Waals surface area (Å²) in [5, 5.41) is 3.37. The molecule has 0 amide bonds. The first-order valence-corrected chi connectivity index (χ1v) is 5.62. The lowest BCUT2D eigenvalue weighted by atomic mass is 9.88. The smallest absolute Gasteiger partial charge is 0.113 e. The minimum atomic E-state index is -0.0768. The monoisotopic (exact) mass is 204 g/mol. The summed E-state index contributed by atoms with van der Waals surface area (Å²) < 4.78 is 6.00. The van der Waals surface area contributed by atoms with E-state index >= 15 is 0 Å². The molecule has 0 bridgehead atoms. The van der Waals surface area contributed by atoms with Crippen molar-refractivity contribution < 1.29 is 4.74 Å². The first kappa shape index (κ1) is 9.31. The zero-order valence-electron chi connectivity index (χ0n) is 9.05. The fourth-order valence-corrected chi connectivity index (χ4v) is 2.59. The van der Waals surface area contributed by atoms with Crippen LogP contribution in [0.3, 0.4) is 0 Å². The van der Waals surface area contributed by atoms with E-state index in [1.54, 1.807) is 0 Å². The molecule has 1 saturated heterocycles. The molecule has 0 aliphatic carbocycles. The molecule has 3 heterocycles. The summed E-state index contributed by atoms with van der Waals surface area (Å²) in [7, 11) is 0. The number of nitrogens with zero attached hydrogens (tertiary/aromatic N) is 1. The van der Waals surface area contributed by atoms with Gasteiger partial charge in [0.05, 0.1) is 12.3 Å². The maximum atomic E-state index is 6.00. The maximum Gasteiger partial charge on any atom is 0.113 e. The molecule has 1 N–H and O–H groups in total. The Morgan fingerprint density at radius 2 is 2.13 bits per heavy atom. The van der Waals surface area contributed by atoms with Gasteiger partial charge in [0.2, 0.25) is 0 Å². The Labute approximate surface area is 89.9 Å². The third-order valence-corrected chi connectivity index (χ3v) is 3.46. The van der Waals surface area contributed by atoms with Crippen LogP contribution < -0.4 is 5.32 Å². The third kappa shape index (κ3) is 1.38. The molecule has 0 aromatic carbocycles. The van der Waals surface area contributed by atoms with Gasteiger partial charge in [0.15, 0.2) is 0 Å². The Morgan fingerprint density at radius 1 is 1.33 bits per heavy atom. The minimum absolute atomic E-state index is 0.0768. The Balaban J connectivity index is 2.05. The summed E-state index contributed by atoms with van der Waals surface area (Å²) >= 11 is 0. The number of aromatic nitrogens is 1. The van der Waals surface area contributed by atoms with Crippen LogP contribution >= 0.6 is 0 Å². The molecule has 0 unspecified atom stereocenters. The van der Waals surface area contributed by atoms with Crippen LogP contribution in [0.1, 0.15) is 29.8 Å². The number of rotatable bonds is 0. The highest BCUT2D eigenvalue weighted by Crippen LogP contribution is 2.41. The van der Waals surface area contributed by atoms with E-state index in [1.807, 2.05) is 6.92 Å². The summed E-state index contributed by atoms with van der Waals surface area (Å²) in [5.74, 6) is 0. The fraction of sp³-hybridized carbons (Fsp3) is 0.583. The van der Waals surface area contributed by atoms with Crippen molar-refractivity contribution in [3.05, 3.63) is 29.1 Å². The maximum absolute atomic E-state index is 6.00. The molecule has 1 aromatic rings. The Bertz CT molecular complexity index is 378. The first-order valence-electron chi connectivity index (χ1n) is 5.62. The van der Waals surface area contributed by atoms with Gasteiger partial charge in [-0.05, 0) is 38.9 Å². The van der Waals surface area contributed by atoms with Gasteiger partial charge in [-0.2, -0.15) is 0 Å². The molecule has 3 nitrogen and oxygen atoms in total.